The molecule has 2 aromatic rings. The Bertz CT molecular complexity index is 727. The van der Waals surface area contributed by atoms with Crippen molar-refractivity contribution in [3.63, 3.8) is 0 Å². The predicted molar refractivity (Wildman–Crippen MR) is 81.3 cm³/mol. The van der Waals surface area contributed by atoms with E-state index in [0.29, 0.717) is 34.8 Å². The Morgan fingerprint density at radius 2 is 2.14 bits per heavy atom. The summed E-state index contributed by atoms with van der Waals surface area (Å²) in [5, 5.41) is 4.07. The molecule has 7 heteroatoms. The average molecular weight is 311 g/mol. The van der Waals surface area contributed by atoms with E-state index >= 15 is 0 Å². The van der Waals surface area contributed by atoms with Gasteiger partial charge < -0.3 is 19.8 Å². The third kappa shape index (κ3) is 3.01. The molecular weight excluding hydrogens is 296 g/mol. The summed E-state index contributed by atoms with van der Waals surface area (Å²) < 4.78 is 9.65. The third-order valence-corrected chi connectivity index (χ3v) is 3.31. The van der Waals surface area contributed by atoms with Crippen molar-refractivity contribution >= 4 is 34.2 Å². The highest BCUT2D eigenvalue weighted by Crippen LogP contribution is 2.28. The van der Waals surface area contributed by atoms with Crippen LogP contribution in [0.3, 0.4) is 0 Å². The zero-order chi connectivity index (χ0) is 15.4. The Balaban J connectivity index is 2.69. The molecule has 2 N–H and O–H groups in total. The number of para-hydroxylation sites is 1. The highest BCUT2D eigenvalue weighted by Gasteiger charge is 2.20. The van der Waals surface area contributed by atoms with E-state index in [4.69, 9.17) is 16.3 Å². The second-order valence-electron chi connectivity index (χ2n) is 4.28. The van der Waals surface area contributed by atoms with Gasteiger partial charge in [-0.3, -0.25) is 4.79 Å². The molecule has 0 atom stereocenters. The molecule has 0 unspecified atom stereocenters. The fourth-order valence-electron chi connectivity index (χ4n) is 2.04. The molecule has 2 rings (SSSR count). The molecule has 112 valence electrons. The number of benzene rings is 1. The lowest BCUT2D eigenvalue weighted by molar-refractivity contribution is 0.0600. The Hall–Kier alpha value is -2.05. The summed E-state index contributed by atoms with van der Waals surface area (Å²) in [6.45, 7) is 0.862. The van der Waals surface area contributed by atoms with Crippen molar-refractivity contribution in [2.24, 2.45) is 0 Å². The number of H-pyrrole nitrogens is 1. The number of esters is 1. The van der Waals surface area contributed by atoms with Crippen molar-refractivity contribution in [3.05, 3.63) is 39.1 Å². The molecule has 6 nitrogen and oxygen atoms in total. The molecule has 21 heavy (non-hydrogen) atoms. The number of halogens is 1. The molecule has 1 heterocycles. The molecule has 0 aliphatic rings. The summed E-state index contributed by atoms with van der Waals surface area (Å²) >= 11 is 6.09. The van der Waals surface area contributed by atoms with Gasteiger partial charge in [0.05, 0.1) is 29.9 Å². The van der Waals surface area contributed by atoms with Crippen LogP contribution in [0.5, 0.6) is 0 Å². The number of nitrogens with one attached hydrogen (secondary N) is 2. The van der Waals surface area contributed by atoms with E-state index in [1.807, 2.05) is 0 Å². The van der Waals surface area contributed by atoms with Gasteiger partial charge >= 0.3 is 5.97 Å². The predicted octanol–water partition coefficient (Wildman–Crippen LogP) is 2.03. The van der Waals surface area contributed by atoms with Crippen molar-refractivity contribution in [1.29, 1.82) is 0 Å². The van der Waals surface area contributed by atoms with Gasteiger partial charge in [-0.2, -0.15) is 0 Å². The van der Waals surface area contributed by atoms with Crippen LogP contribution < -0.4 is 10.9 Å². The van der Waals surface area contributed by atoms with E-state index in [1.165, 1.54) is 7.11 Å². The number of hydrogen-bond acceptors (Lipinski definition) is 5. The number of pyridine rings is 1. The number of aromatic nitrogens is 1. The van der Waals surface area contributed by atoms with Crippen LogP contribution in [-0.2, 0) is 9.47 Å². The smallest absolute Gasteiger partial charge is 0.345 e. The van der Waals surface area contributed by atoms with Gasteiger partial charge in [0.15, 0.2) is 0 Å². The molecule has 0 fully saturated rings. The zero-order valence-corrected chi connectivity index (χ0v) is 12.4. The van der Waals surface area contributed by atoms with E-state index in [9.17, 15) is 9.59 Å². The molecule has 1 aromatic carbocycles. The van der Waals surface area contributed by atoms with Gasteiger partial charge in [0.25, 0.3) is 5.56 Å². The molecule has 0 bridgehead atoms. The van der Waals surface area contributed by atoms with Crippen molar-refractivity contribution in [2.45, 2.75) is 0 Å². The molecular formula is C14H15ClN2O4. The highest BCUT2D eigenvalue weighted by atomic mass is 35.5. The van der Waals surface area contributed by atoms with E-state index < -0.39 is 11.5 Å². The number of methoxy groups -OCH3 is 2. The van der Waals surface area contributed by atoms with E-state index in [-0.39, 0.29) is 5.56 Å². The molecule has 0 saturated heterocycles. The molecule has 0 saturated carbocycles. The van der Waals surface area contributed by atoms with Gasteiger partial charge in [0.1, 0.15) is 5.56 Å². The van der Waals surface area contributed by atoms with Gasteiger partial charge in [-0.1, -0.05) is 23.7 Å². The van der Waals surface area contributed by atoms with Gasteiger partial charge in [-0.15, -0.1) is 0 Å². The minimum atomic E-state index is -0.710. The zero-order valence-electron chi connectivity index (χ0n) is 11.7. The first kappa shape index (κ1) is 15.3. The maximum Gasteiger partial charge on any atom is 0.345 e. The Morgan fingerprint density at radius 3 is 2.81 bits per heavy atom. The monoisotopic (exact) mass is 310 g/mol. The van der Waals surface area contributed by atoms with Crippen LogP contribution >= 0.6 is 11.6 Å². The lowest BCUT2D eigenvalue weighted by Crippen LogP contribution is -2.23. The molecule has 1 aromatic heterocycles. The summed E-state index contributed by atoms with van der Waals surface area (Å²) in [4.78, 5) is 26.6. The summed E-state index contributed by atoms with van der Waals surface area (Å²) in [7, 11) is 2.79. The van der Waals surface area contributed by atoms with Crippen molar-refractivity contribution < 1.29 is 14.3 Å². The minimum absolute atomic E-state index is 0.0802. The quantitative estimate of drug-likeness (QED) is 0.652. The number of carbonyl (C=O) groups excluding carboxylic acids is 1. The standard InChI is InChI=1S/C14H15ClN2O4/c1-20-7-6-16-12-8-4-3-5-9(15)11(8)17-13(18)10(12)14(19)21-2/h3-5H,6-7H2,1-2H3,(H2,16,17,18). The highest BCUT2D eigenvalue weighted by molar-refractivity contribution is 6.35. The van der Waals surface area contributed by atoms with Crippen LogP contribution in [0.25, 0.3) is 10.9 Å². The Kier molecular flexibility index (Phi) is 4.82. The maximum absolute atomic E-state index is 12.2. The first-order valence-electron chi connectivity index (χ1n) is 6.25. The van der Waals surface area contributed by atoms with Gasteiger partial charge in [0, 0.05) is 19.0 Å². The molecule has 0 amide bonds. The van der Waals surface area contributed by atoms with Crippen molar-refractivity contribution in [2.75, 3.05) is 32.7 Å². The molecule has 0 aliphatic heterocycles. The average Bonchev–Trinajstić information content (AvgIpc) is 2.48. The summed E-state index contributed by atoms with van der Waals surface area (Å²) in [5.41, 5.74) is 0.225. The number of aromatic amines is 1. The maximum atomic E-state index is 12.2. The number of ether oxygens (including phenoxy) is 2. The van der Waals surface area contributed by atoms with Crippen LogP contribution in [0.4, 0.5) is 5.69 Å². The summed E-state index contributed by atoms with van der Waals surface area (Å²) in [5.74, 6) is -0.710. The molecule has 0 spiro atoms. The minimum Gasteiger partial charge on any atom is -0.465 e. The topological polar surface area (TPSA) is 80.4 Å². The van der Waals surface area contributed by atoms with E-state index in [2.05, 4.69) is 15.0 Å². The number of carbonyl (C=O) groups is 1. The molecule has 0 radical (unpaired) electrons. The number of rotatable bonds is 5. The fraction of sp³-hybridized carbons (Fsp3) is 0.286. The number of anilines is 1. The van der Waals surface area contributed by atoms with Gasteiger partial charge in [-0.25, -0.2) is 4.79 Å². The Labute approximate surface area is 126 Å². The SMILES string of the molecule is COCCNc1c(C(=O)OC)c(=O)[nH]c2c(Cl)cccc12. The normalized spacial score (nSPS) is 10.6. The van der Waals surface area contributed by atoms with E-state index in [1.54, 1.807) is 25.3 Å². The largest absolute Gasteiger partial charge is 0.465 e. The van der Waals surface area contributed by atoms with Crippen LogP contribution in [0, 0.1) is 0 Å². The third-order valence-electron chi connectivity index (χ3n) is 3.00. The van der Waals surface area contributed by atoms with Gasteiger partial charge in [-0.05, 0) is 6.07 Å². The lowest BCUT2D eigenvalue weighted by Gasteiger charge is -2.13. The molecule has 0 aliphatic carbocycles. The second-order valence-corrected chi connectivity index (χ2v) is 4.68. The summed E-state index contributed by atoms with van der Waals surface area (Å²) in [6.07, 6.45) is 0. The van der Waals surface area contributed by atoms with Crippen LogP contribution in [0.1, 0.15) is 10.4 Å². The summed E-state index contributed by atoms with van der Waals surface area (Å²) in [6, 6.07) is 5.17. The van der Waals surface area contributed by atoms with Crippen molar-refractivity contribution in [1.82, 2.24) is 4.98 Å². The van der Waals surface area contributed by atoms with E-state index in [0.717, 1.165) is 0 Å². The first-order chi connectivity index (χ1) is 10.1. The van der Waals surface area contributed by atoms with Crippen LogP contribution in [-0.4, -0.2) is 38.3 Å². The fourth-order valence-corrected chi connectivity index (χ4v) is 2.26. The van der Waals surface area contributed by atoms with Crippen LogP contribution in [0.15, 0.2) is 23.0 Å². The van der Waals surface area contributed by atoms with Crippen LogP contribution in [0.2, 0.25) is 5.02 Å². The lowest BCUT2D eigenvalue weighted by atomic mass is 10.1. The second kappa shape index (κ2) is 6.60. The Morgan fingerprint density at radius 1 is 1.38 bits per heavy atom. The first-order valence-corrected chi connectivity index (χ1v) is 6.63. The number of fused-ring (bicyclic) bond motifs is 1. The van der Waals surface area contributed by atoms with Crippen molar-refractivity contribution in [3.8, 4) is 0 Å². The van der Waals surface area contributed by atoms with Gasteiger partial charge in [0.2, 0.25) is 0 Å². The number of hydrogen-bond donors (Lipinski definition) is 2.